The molecule has 8 nitrogen and oxygen atoms in total. The van der Waals surface area contributed by atoms with Crippen LogP contribution in [0.15, 0.2) is 40.7 Å². The summed E-state index contributed by atoms with van der Waals surface area (Å²) in [4.78, 5) is 22.6. The number of hydrogen-bond acceptors (Lipinski definition) is 10. The fourth-order valence-electron chi connectivity index (χ4n) is 3.28. The number of aromatic nitrogens is 2. The zero-order chi connectivity index (χ0) is 24.2. The number of thiazole rings is 1. The molecule has 1 atom stereocenters. The van der Waals surface area contributed by atoms with Crippen LogP contribution in [-0.4, -0.2) is 28.2 Å². The summed E-state index contributed by atoms with van der Waals surface area (Å²) in [5.41, 5.74) is 7.68. The highest BCUT2D eigenvalue weighted by atomic mass is 32.2. The van der Waals surface area contributed by atoms with Crippen molar-refractivity contribution in [3.63, 3.8) is 0 Å². The second-order valence-electron chi connectivity index (χ2n) is 6.98. The Balaban J connectivity index is 1.64. The summed E-state index contributed by atoms with van der Waals surface area (Å²) in [5, 5.41) is 24.5. The number of anilines is 2. The Labute approximate surface area is 208 Å². The number of nitrogen functional groups attached to an aromatic ring is 1. The van der Waals surface area contributed by atoms with Gasteiger partial charge in [-0.2, -0.15) is 10.5 Å². The minimum atomic E-state index is -0.551. The molecule has 0 saturated heterocycles. The van der Waals surface area contributed by atoms with Crippen molar-refractivity contribution in [1.82, 2.24) is 9.97 Å². The minimum absolute atomic E-state index is 0.0304. The maximum absolute atomic E-state index is 13.1. The zero-order valence-corrected chi connectivity index (χ0v) is 20.6. The van der Waals surface area contributed by atoms with Gasteiger partial charge in [-0.3, -0.25) is 4.79 Å². The number of carbonyl (C=O) groups is 1. The lowest BCUT2D eigenvalue weighted by atomic mass is 10.0. The van der Waals surface area contributed by atoms with E-state index in [9.17, 15) is 15.3 Å². The van der Waals surface area contributed by atoms with Crippen LogP contribution in [0.1, 0.15) is 24.5 Å². The number of nitriles is 2. The number of carbonyl (C=O) groups excluding carboxylic acids is 1. The van der Waals surface area contributed by atoms with Crippen molar-refractivity contribution in [3.8, 4) is 28.3 Å². The number of thiophene rings is 1. The first-order valence-corrected chi connectivity index (χ1v) is 12.7. The van der Waals surface area contributed by atoms with Crippen LogP contribution in [-0.2, 0) is 4.79 Å². The number of rotatable bonds is 7. The summed E-state index contributed by atoms with van der Waals surface area (Å²) in [6.07, 6.45) is 0.482. The van der Waals surface area contributed by atoms with Gasteiger partial charge in [-0.15, -0.1) is 11.3 Å². The topological polar surface area (TPSA) is 138 Å². The molecule has 1 amide bonds. The van der Waals surface area contributed by atoms with E-state index in [2.05, 4.69) is 27.4 Å². The number of methoxy groups -OCH3 is 1. The maximum Gasteiger partial charge on any atom is 0.239 e. The van der Waals surface area contributed by atoms with Gasteiger partial charge in [-0.25, -0.2) is 9.97 Å². The summed E-state index contributed by atoms with van der Waals surface area (Å²) in [6, 6.07) is 13.4. The van der Waals surface area contributed by atoms with Gasteiger partial charge in [-0.05, 0) is 36.1 Å². The molecule has 4 rings (SSSR count). The molecule has 0 bridgehead atoms. The lowest BCUT2D eigenvalue weighted by Gasteiger charge is -2.16. The molecule has 0 aliphatic rings. The van der Waals surface area contributed by atoms with Crippen LogP contribution >= 0.6 is 34.4 Å². The molecule has 3 aromatic heterocycles. The molecule has 1 aromatic carbocycles. The standard InChI is InChI=1S/C23H18N6O2S3/c1-3-16(21(30)29-23-27-15-7-6-12(31-2)9-18(15)34-23)33-22-14(11-25)19(17-5-4-8-32-17)13(10-24)20(26)28-22/h4-9,16H,3H2,1-2H3,(H2,26,28)(H,27,29,30). The largest absolute Gasteiger partial charge is 0.497 e. The summed E-state index contributed by atoms with van der Waals surface area (Å²) < 4.78 is 6.14. The summed E-state index contributed by atoms with van der Waals surface area (Å²) in [6.45, 7) is 1.87. The average Bonchev–Trinajstić information content (AvgIpc) is 3.51. The van der Waals surface area contributed by atoms with Gasteiger partial charge in [0.2, 0.25) is 5.91 Å². The lowest BCUT2D eigenvalue weighted by Crippen LogP contribution is -2.24. The molecule has 0 radical (unpaired) electrons. The fraction of sp³-hybridized carbons (Fsp3) is 0.174. The number of hydrogen-bond donors (Lipinski definition) is 2. The second kappa shape index (κ2) is 10.1. The lowest BCUT2D eigenvalue weighted by molar-refractivity contribution is -0.115. The highest BCUT2D eigenvalue weighted by Gasteiger charge is 2.26. The molecule has 170 valence electrons. The van der Waals surface area contributed by atoms with E-state index in [4.69, 9.17) is 10.5 Å². The number of nitrogens with two attached hydrogens (primary N) is 1. The minimum Gasteiger partial charge on any atom is -0.497 e. The molecular formula is C23H18N6O2S3. The van der Waals surface area contributed by atoms with Crippen LogP contribution in [0.2, 0.25) is 0 Å². The van der Waals surface area contributed by atoms with Gasteiger partial charge in [0.05, 0.1) is 28.1 Å². The van der Waals surface area contributed by atoms with Crippen molar-refractivity contribution in [1.29, 1.82) is 10.5 Å². The van der Waals surface area contributed by atoms with Crippen LogP contribution in [0.5, 0.6) is 5.75 Å². The maximum atomic E-state index is 13.1. The SMILES string of the molecule is CCC(Sc1nc(N)c(C#N)c(-c2cccs2)c1C#N)C(=O)Nc1nc2ccc(OC)cc2s1. The van der Waals surface area contributed by atoms with E-state index in [0.29, 0.717) is 27.9 Å². The van der Waals surface area contributed by atoms with Crippen LogP contribution in [0.4, 0.5) is 10.9 Å². The number of nitrogens with one attached hydrogen (secondary N) is 1. The van der Waals surface area contributed by atoms with Crippen molar-refractivity contribution in [3.05, 3.63) is 46.8 Å². The van der Waals surface area contributed by atoms with Crippen molar-refractivity contribution in [2.24, 2.45) is 0 Å². The average molecular weight is 507 g/mol. The van der Waals surface area contributed by atoms with Crippen molar-refractivity contribution in [2.75, 3.05) is 18.2 Å². The predicted octanol–water partition coefficient (Wildman–Crippen LogP) is 5.26. The number of fused-ring (bicyclic) bond motifs is 1. The van der Waals surface area contributed by atoms with Crippen LogP contribution in [0.3, 0.4) is 0 Å². The normalized spacial score (nSPS) is 11.5. The third kappa shape index (κ3) is 4.54. The molecule has 0 spiro atoms. The van der Waals surface area contributed by atoms with E-state index >= 15 is 0 Å². The molecule has 0 saturated carbocycles. The molecule has 3 heterocycles. The molecule has 0 aliphatic carbocycles. The summed E-state index contributed by atoms with van der Waals surface area (Å²) in [5.74, 6) is 0.485. The number of amides is 1. The van der Waals surface area contributed by atoms with Crippen LogP contribution in [0, 0.1) is 22.7 Å². The Morgan fingerprint density at radius 3 is 2.71 bits per heavy atom. The Morgan fingerprint density at radius 2 is 2.06 bits per heavy atom. The Morgan fingerprint density at radius 1 is 1.26 bits per heavy atom. The van der Waals surface area contributed by atoms with Gasteiger partial charge in [0.15, 0.2) is 5.13 Å². The van der Waals surface area contributed by atoms with Gasteiger partial charge in [0, 0.05) is 10.4 Å². The molecule has 4 aromatic rings. The van der Waals surface area contributed by atoms with Gasteiger partial charge >= 0.3 is 0 Å². The highest BCUT2D eigenvalue weighted by Crippen LogP contribution is 2.39. The van der Waals surface area contributed by atoms with Gasteiger partial charge < -0.3 is 15.8 Å². The molecule has 34 heavy (non-hydrogen) atoms. The molecule has 1 unspecified atom stereocenters. The first-order chi connectivity index (χ1) is 16.5. The Bertz CT molecular complexity index is 1450. The van der Waals surface area contributed by atoms with Crippen LogP contribution < -0.4 is 15.8 Å². The van der Waals surface area contributed by atoms with Crippen molar-refractivity contribution >= 4 is 61.5 Å². The summed E-state index contributed by atoms with van der Waals surface area (Å²) in [7, 11) is 1.59. The number of nitrogens with zero attached hydrogens (tertiary/aromatic N) is 4. The fourth-order valence-corrected chi connectivity index (χ4v) is 5.98. The van der Waals surface area contributed by atoms with E-state index in [1.54, 1.807) is 7.11 Å². The quantitative estimate of drug-likeness (QED) is 0.324. The molecule has 11 heteroatoms. The van der Waals surface area contributed by atoms with Crippen LogP contribution in [0.25, 0.3) is 20.7 Å². The first-order valence-electron chi connectivity index (χ1n) is 10.1. The van der Waals surface area contributed by atoms with Gasteiger partial charge in [0.25, 0.3) is 0 Å². The molecule has 3 N–H and O–H groups in total. The van der Waals surface area contributed by atoms with Gasteiger partial charge in [0.1, 0.15) is 34.3 Å². The molecular weight excluding hydrogens is 488 g/mol. The van der Waals surface area contributed by atoms with Gasteiger partial charge in [-0.1, -0.05) is 36.1 Å². The van der Waals surface area contributed by atoms with E-state index < -0.39 is 5.25 Å². The summed E-state index contributed by atoms with van der Waals surface area (Å²) >= 11 is 3.90. The Kier molecular flexibility index (Phi) is 6.98. The predicted molar refractivity (Wildman–Crippen MR) is 136 cm³/mol. The second-order valence-corrected chi connectivity index (χ2v) is 10.2. The first kappa shape index (κ1) is 23.5. The van der Waals surface area contributed by atoms with Crippen molar-refractivity contribution in [2.45, 2.75) is 23.6 Å². The number of pyridine rings is 1. The Hall–Kier alpha value is -3.64. The van der Waals surface area contributed by atoms with E-state index in [1.807, 2.05) is 42.6 Å². The van der Waals surface area contributed by atoms with Crippen molar-refractivity contribution < 1.29 is 9.53 Å². The van der Waals surface area contributed by atoms with E-state index in [1.165, 1.54) is 22.7 Å². The molecule has 0 aliphatic heterocycles. The third-order valence-corrected chi connectivity index (χ3v) is 8.10. The number of ether oxygens (including phenoxy) is 1. The number of benzene rings is 1. The molecule has 0 fully saturated rings. The highest BCUT2D eigenvalue weighted by molar-refractivity contribution is 8.00. The van der Waals surface area contributed by atoms with E-state index in [-0.39, 0.29) is 22.9 Å². The van der Waals surface area contributed by atoms with E-state index in [0.717, 1.165) is 26.9 Å². The monoisotopic (exact) mass is 506 g/mol. The number of thioether (sulfide) groups is 1. The third-order valence-electron chi connectivity index (χ3n) is 4.93. The smallest absolute Gasteiger partial charge is 0.239 e. The zero-order valence-electron chi connectivity index (χ0n) is 18.2.